The fourth-order valence-corrected chi connectivity index (χ4v) is 2.79. The van der Waals surface area contributed by atoms with Crippen molar-refractivity contribution in [2.75, 3.05) is 16.4 Å². The Hall–Kier alpha value is -3.69. The highest BCUT2D eigenvalue weighted by Gasteiger charge is 2.29. The molecule has 4 N–H and O–H groups in total. The van der Waals surface area contributed by atoms with Gasteiger partial charge in [-0.15, -0.1) is 0 Å². The summed E-state index contributed by atoms with van der Waals surface area (Å²) in [5.41, 5.74) is 7.11. The van der Waals surface area contributed by atoms with E-state index in [2.05, 4.69) is 20.6 Å². The molecule has 0 saturated heterocycles. The summed E-state index contributed by atoms with van der Waals surface area (Å²) in [4.78, 5) is 20.6. The summed E-state index contributed by atoms with van der Waals surface area (Å²) in [6, 6.07) is 10.3. The largest absolute Gasteiger partial charge is 0.416 e. The van der Waals surface area contributed by atoms with Gasteiger partial charge in [0, 0.05) is 6.54 Å². The van der Waals surface area contributed by atoms with E-state index < -0.39 is 17.6 Å². The molecule has 162 valence electrons. The second-order valence-electron chi connectivity index (χ2n) is 6.79. The van der Waals surface area contributed by atoms with Gasteiger partial charge in [-0.1, -0.05) is 24.3 Å². The predicted octanol–water partition coefficient (Wildman–Crippen LogP) is 4.32. The Bertz CT molecular complexity index is 1040. The molecule has 1 aromatic heterocycles. The molecule has 0 fully saturated rings. The van der Waals surface area contributed by atoms with Crippen molar-refractivity contribution in [1.82, 2.24) is 9.97 Å². The first kappa shape index (κ1) is 22.0. The molecule has 3 aromatic rings. The van der Waals surface area contributed by atoms with Gasteiger partial charge in [-0.3, -0.25) is 4.79 Å². The lowest BCUT2D eigenvalue weighted by atomic mass is 10.1. The van der Waals surface area contributed by atoms with Crippen LogP contribution in [0.3, 0.4) is 0 Å². The fraction of sp³-hybridized carbons (Fsp3) is 0.190. The highest BCUT2D eigenvalue weighted by molar-refractivity contribution is 5.95. The Labute approximate surface area is 175 Å². The first-order valence-electron chi connectivity index (χ1n) is 9.20. The van der Waals surface area contributed by atoms with Crippen LogP contribution in [0, 0.1) is 12.7 Å². The number of halogens is 4. The van der Waals surface area contributed by atoms with E-state index in [0.717, 1.165) is 12.1 Å². The van der Waals surface area contributed by atoms with E-state index in [-0.39, 0.29) is 36.3 Å². The molecule has 10 heteroatoms. The van der Waals surface area contributed by atoms with Gasteiger partial charge < -0.3 is 16.4 Å². The average Bonchev–Trinajstić information content (AvgIpc) is 2.70. The van der Waals surface area contributed by atoms with Gasteiger partial charge in [0.15, 0.2) is 5.82 Å². The Balaban J connectivity index is 1.63. The number of aromatic nitrogens is 2. The molecule has 0 unspecified atom stereocenters. The number of aryl methyl sites for hydroxylation is 1. The molecular formula is C21H19F4N5O. The topological polar surface area (TPSA) is 92.9 Å². The molecule has 0 aliphatic carbocycles. The lowest BCUT2D eigenvalue weighted by molar-refractivity contribution is -0.137. The van der Waals surface area contributed by atoms with Crippen molar-refractivity contribution in [1.29, 1.82) is 0 Å². The number of hydrogen-bond acceptors (Lipinski definition) is 5. The van der Waals surface area contributed by atoms with Gasteiger partial charge in [-0.05, 0) is 42.3 Å². The van der Waals surface area contributed by atoms with Crippen LogP contribution in [0.15, 0.2) is 48.5 Å². The summed E-state index contributed by atoms with van der Waals surface area (Å²) in [5.74, 6) is -0.547. The van der Waals surface area contributed by atoms with E-state index in [4.69, 9.17) is 5.73 Å². The minimum Gasteiger partial charge on any atom is -0.382 e. The number of rotatable bonds is 6. The second kappa shape index (κ2) is 8.99. The summed E-state index contributed by atoms with van der Waals surface area (Å²) in [6.45, 7) is 1.82. The molecule has 0 radical (unpaired) electrons. The maximum absolute atomic E-state index is 13.0. The van der Waals surface area contributed by atoms with E-state index in [1.807, 2.05) is 0 Å². The minimum atomic E-state index is -4.39. The molecule has 6 nitrogen and oxygen atoms in total. The number of anilines is 3. The first-order chi connectivity index (χ1) is 14.6. The van der Waals surface area contributed by atoms with E-state index in [9.17, 15) is 22.4 Å². The fourth-order valence-electron chi connectivity index (χ4n) is 2.79. The zero-order chi connectivity index (χ0) is 22.6. The summed E-state index contributed by atoms with van der Waals surface area (Å²) >= 11 is 0. The number of hydrogen-bond donors (Lipinski definition) is 3. The van der Waals surface area contributed by atoms with Crippen molar-refractivity contribution in [2.45, 2.75) is 26.1 Å². The number of nitrogens with zero attached hydrogens (tertiary/aromatic N) is 2. The van der Waals surface area contributed by atoms with Gasteiger partial charge in [0.05, 0.1) is 17.7 Å². The zero-order valence-corrected chi connectivity index (χ0v) is 16.4. The second-order valence-corrected chi connectivity index (χ2v) is 6.79. The molecule has 2 aromatic carbocycles. The molecule has 1 amide bonds. The highest BCUT2D eigenvalue weighted by atomic mass is 19.4. The number of nitrogens with two attached hydrogens (primary N) is 1. The van der Waals surface area contributed by atoms with Crippen LogP contribution in [0.2, 0.25) is 0 Å². The third-order valence-corrected chi connectivity index (χ3v) is 4.39. The lowest BCUT2D eigenvalue weighted by Gasteiger charge is -2.13. The van der Waals surface area contributed by atoms with Crippen LogP contribution in [-0.2, 0) is 23.9 Å². The molecule has 0 bridgehead atoms. The molecule has 0 spiro atoms. The molecule has 0 atom stereocenters. The highest BCUT2D eigenvalue weighted by Crippen LogP contribution is 2.29. The number of nitrogen functional groups attached to an aromatic ring is 1. The van der Waals surface area contributed by atoms with Gasteiger partial charge in [-0.2, -0.15) is 18.2 Å². The number of carbonyl (C=O) groups is 1. The maximum atomic E-state index is 13.0. The smallest absolute Gasteiger partial charge is 0.382 e. The first-order valence-corrected chi connectivity index (χ1v) is 9.20. The van der Waals surface area contributed by atoms with Gasteiger partial charge in [0.1, 0.15) is 11.5 Å². The Morgan fingerprint density at radius 2 is 1.61 bits per heavy atom. The third kappa shape index (κ3) is 5.91. The van der Waals surface area contributed by atoms with Crippen LogP contribution >= 0.6 is 0 Å². The van der Waals surface area contributed by atoms with Crippen LogP contribution in [0.1, 0.15) is 22.4 Å². The Morgan fingerprint density at radius 1 is 1.00 bits per heavy atom. The van der Waals surface area contributed by atoms with Gasteiger partial charge in [0.2, 0.25) is 11.9 Å². The monoisotopic (exact) mass is 433 g/mol. The van der Waals surface area contributed by atoms with Crippen molar-refractivity contribution >= 4 is 23.4 Å². The number of carbonyl (C=O) groups excluding carboxylic acids is 1. The predicted molar refractivity (Wildman–Crippen MR) is 109 cm³/mol. The third-order valence-electron chi connectivity index (χ3n) is 4.39. The van der Waals surface area contributed by atoms with Crippen LogP contribution in [-0.4, -0.2) is 15.9 Å². The molecule has 0 saturated carbocycles. The standard InChI is InChI=1S/C21H19F4N5O/c1-12-18(29-17(31)10-13-4-8-16(22)9-5-13)19(26)30-20(28-12)27-11-14-2-6-15(7-3-14)21(23,24)25/h2-9H,10-11H2,1H3,(H,29,31)(H3,26,27,28,30). The summed E-state index contributed by atoms with van der Waals surface area (Å²) in [7, 11) is 0. The molecule has 0 aliphatic heterocycles. The average molecular weight is 433 g/mol. The van der Waals surface area contributed by atoms with E-state index in [1.54, 1.807) is 6.92 Å². The minimum absolute atomic E-state index is 0.0209. The number of benzene rings is 2. The lowest BCUT2D eigenvalue weighted by Crippen LogP contribution is -2.18. The normalized spacial score (nSPS) is 11.3. The summed E-state index contributed by atoms with van der Waals surface area (Å²) in [5, 5.41) is 5.54. The van der Waals surface area contributed by atoms with Crippen molar-refractivity contribution in [3.63, 3.8) is 0 Å². The number of alkyl halides is 3. The SMILES string of the molecule is Cc1nc(NCc2ccc(C(F)(F)F)cc2)nc(N)c1NC(=O)Cc1ccc(F)cc1. The van der Waals surface area contributed by atoms with E-state index in [0.29, 0.717) is 16.8 Å². The number of amides is 1. The quantitative estimate of drug-likeness (QED) is 0.504. The van der Waals surface area contributed by atoms with Crippen LogP contribution < -0.4 is 16.4 Å². The van der Waals surface area contributed by atoms with Crippen LogP contribution in [0.5, 0.6) is 0 Å². The molecular weight excluding hydrogens is 414 g/mol. The van der Waals surface area contributed by atoms with Gasteiger partial charge in [0.25, 0.3) is 0 Å². The molecule has 31 heavy (non-hydrogen) atoms. The van der Waals surface area contributed by atoms with Crippen LogP contribution in [0.4, 0.5) is 35.0 Å². The molecule has 1 heterocycles. The Morgan fingerprint density at radius 3 is 2.19 bits per heavy atom. The molecule has 0 aliphatic rings. The summed E-state index contributed by atoms with van der Waals surface area (Å²) < 4.78 is 50.9. The summed E-state index contributed by atoms with van der Waals surface area (Å²) in [6.07, 6.45) is -4.37. The van der Waals surface area contributed by atoms with E-state index >= 15 is 0 Å². The van der Waals surface area contributed by atoms with Gasteiger partial charge in [-0.25, -0.2) is 9.37 Å². The van der Waals surface area contributed by atoms with Crippen molar-refractivity contribution < 1.29 is 22.4 Å². The van der Waals surface area contributed by atoms with Crippen molar-refractivity contribution in [3.8, 4) is 0 Å². The van der Waals surface area contributed by atoms with Crippen molar-refractivity contribution in [3.05, 3.63) is 76.7 Å². The zero-order valence-electron chi connectivity index (χ0n) is 16.4. The van der Waals surface area contributed by atoms with E-state index in [1.165, 1.54) is 36.4 Å². The molecule has 3 rings (SSSR count). The Kier molecular flexibility index (Phi) is 6.38. The van der Waals surface area contributed by atoms with Crippen molar-refractivity contribution in [2.24, 2.45) is 0 Å². The maximum Gasteiger partial charge on any atom is 0.416 e. The van der Waals surface area contributed by atoms with Crippen LogP contribution in [0.25, 0.3) is 0 Å². The number of nitrogens with one attached hydrogen (secondary N) is 2. The van der Waals surface area contributed by atoms with Gasteiger partial charge >= 0.3 is 6.18 Å².